The average molecular weight is 332 g/mol. The third-order valence-corrected chi connectivity index (χ3v) is 4.70. The van der Waals surface area contributed by atoms with E-state index in [1.807, 2.05) is 36.4 Å². The molecule has 0 bridgehead atoms. The second-order valence-electron chi connectivity index (χ2n) is 6.20. The molecule has 0 spiro atoms. The fourth-order valence-corrected chi connectivity index (χ4v) is 3.55. The van der Waals surface area contributed by atoms with Gasteiger partial charge in [0.15, 0.2) is 0 Å². The summed E-state index contributed by atoms with van der Waals surface area (Å²) in [4.78, 5) is 11.7. The van der Waals surface area contributed by atoms with Crippen molar-refractivity contribution in [3.8, 4) is 0 Å². The Labute approximate surface area is 143 Å². The van der Waals surface area contributed by atoms with Crippen LogP contribution >= 0.6 is 0 Å². The summed E-state index contributed by atoms with van der Waals surface area (Å²) >= 11 is 0. The van der Waals surface area contributed by atoms with Crippen molar-refractivity contribution in [1.82, 2.24) is 0 Å². The molecule has 0 amide bonds. The third kappa shape index (κ3) is 2.35. The molecule has 1 atom stereocenters. The van der Waals surface area contributed by atoms with Gasteiger partial charge in [-0.15, -0.1) is 0 Å². The molecule has 1 aliphatic rings. The first kappa shape index (κ1) is 15.6. The number of hydrogen-bond donors (Lipinski definition) is 3. The smallest absolute Gasteiger partial charge is 0.316 e. The Kier molecular flexibility index (Phi) is 3.46. The zero-order valence-electron chi connectivity index (χ0n) is 13.3. The number of hydrogen-bond acceptors (Lipinski definition) is 3. The molecule has 3 aromatic carbocycles. The topological polar surface area (TPSA) is 77.8 Å². The molecule has 4 heteroatoms. The number of fused-ring (bicyclic) bond motifs is 2. The summed E-state index contributed by atoms with van der Waals surface area (Å²) in [6, 6.07) is 20.3. The standard InChI is InChI=1S/C21H16O4/c22-20(23)18-12-14-7-2-4-10-16(14)19(21(18,24)25)17-11-5-8-13-6-1-3-9-15(13)17/h1-12,18,24-25H,(H,22,23). The highest BCUT2D eigenvalue weighted by Gasteiger charge is 2.44. The summed E-state index contributed by atoms with van der Waals surface area (Å²) in [5.74, 6) is -5.24. The van der Waals surface area contributed by atoms with Gasteiger partial charge >= 0.3 is 5.97 Å². The van der Waals surface area contributed by atoms with Gasteiger partial charge in [0.25, 0.3) is 0 Å². The molecule has 1 aliphatic carbocycles. The molecule has 0 saturated carbocycles. The van der Waals surface area contributed by atoms with E-state index in [0.717, 1.165) is 10.8 Å². The number of rotatable bonds is 2. The molecular formula is C21H16O4. The maximum absolute atomic E-state index is 11.7. The second-order valence-corrected chi connectivity index (χ2v) is 6.20. The number of aliphatic hydroxyl groups is 2. The Bertz CT molecular complexity index is 1110. The van der Waals surface area contributed by atoms with Crippen LogP contribution in [0.3, 0.4) is 0 Å². The summed E-state index contributed by atoms with van der Waals surface area (Å²) < 4.78 is 0. The van der Waals surface area contributed by atoms with Crippen LogP contribution in [0.1, 0.15) is 5.56 Å². The van der Waals surface area contributed by atoms with E-state index in [2.05, 4.69) is 0 Å². The van der Waals surface area contributed by atoms with Crippen molar-refractivity contribution in [2.45, 2.75) is 5.79 Å². The van der Waals surface area contributed by atoms with Crippen molar-refractivity contribution >= 4 is 28.4 Å². The number of carbonyl (C=O) groups is 1. The lowest BCUT2D eigenvalue weighted by atomic mass is 9.80. The van der Waals surface area contributed by atoms with Crippen LogP contribution in [0.5, 0.6) is 0 Å². The number of aliphatic carboxylic acids is 1. The Morgan fingerprint density at radius 1 is 0.880 bits per heavy atom. The highest BCUT2D eigenvalue weighted by atomic mass is 16.5. The fourth-order valence-electron chi connectivity index (χ4n) is 3.55. The van der Waals surface area contributed by atoms with E-state index >= 15 is 0 Å². The molecule has 3 N–H and O–H groups in total. The molecule has 124 valence electrons. The Morgan fingerprint density at radius 3 is 2.36 bits per heavy atom. The van der Waals surface area contributed by atoms with Crippen LogP contribution in [0.2, 0.25) is 0 Å². The molecular weight excluding hydrogens is 316 g/mol. The highest BCUT2D eigenvalue weighted by Crippen LogP contribution is 2.35. The minimum Gasteiger partial charge on any atom is -0.481 e. The van der Waals surface area contributed by atoms with E-state index in [0.29, 0.717) is 16.0 Å². The van der Waals surface area contributed by atoms with E-state index in [9.17, 15) is 20.1 Å². The van der Waals surface area contributed by atoms with E-state index < -0.39 is 17.7 Å². The van der Waals surface area contributed by atoms with Crippen molar-refractivity contribution in [3.05, 3.63) is 82.7 Å². The lowest BCUT2D eigenvalue weighted by Crippen LogP contribution is -2.51. The Morgan fingerprint density at radius 2 is 1.56 bits per heavy atom. The summed E-state index contributed by atoms with van der Waals surface area (Å²) in [6.45, 7) is 0. The van der Waals surface area contributed by atoms with Gasteiger partial charge in [0.05, 0.1) is 0 Å². The van der Waals surface area contributed by atoms with E-state index in [1.165, 1.54) is 6.08 Å². The minimum absolute atomic E-state index is 0.217. The van der Waals surface area contributed by atoms with Crippen LogP contribution in [0.25, 0.3) is 22.4 Å². The summed E-state index contributed by atoms with van der Waals surface area (Å²) in [7, 11) is 0. The first-order valence-electron chi connectivity index (χ1n) is 7.97. The van der Waals surface area contributed by atoms with Gasteiger partial charge in [0.2, 0.25) is 5.79 Å². The quantitative estimate of drug-likeness (QED) is 0.617. The van der Waals surface area contributed by atoms with Crippen molar-refractivity contribution in [3.63, 3.8) is 0 Å². The molecule has 1 unspecified atom stereocenters. The van der Waals surface area contributed by atoms with Crippen LogP contribution < -0.4 is 10.4 Å². The zero-order chi connectivity index (χ0) is 17.6. The van der Waals surface area contributed by atoms with Gasteiger partial charge in [-0.05, 0) is 26.8 Å². The Balaban J connectivity index is 2.18. The van der Waals surface area contributed by atoms with E-state index in [1.54, 1.807) is 30.3 Å². The summed E-state index contributed by atoms with van der Waals surface area (Å²) in [5.41, 5.74) is 0.838. The molecule has 25 heavy (non-hydrogen) atoms. The lowest BCUT2D eigenvalue weighted by molar-refractivity contribution is -0.169. The molecule has 0 heterocycles. The van der Waals surface area contributed by atoms with Crippen molar-refractivity contribution < 1.29 is 20.1 Å². The summed E-state index contributed by atoms with van der Waals surface area (Å²) in [5, 5.41) is 34.3. The molecule has 0 aliphatic heterocycles. The van der Waals surface area contributed by atoms with Crippen LogP contribution in [0.15, 0.2) is 66.7 Å². The molecule has 4 rings (SSSR count). The third-order valence-electron chi connectivity index (χ3n) is 4.70. The fraction of sp³-hybridized carbons (Fsp3) is 0.0952. The van der Waals surface area contributed by atoms with Gasteiger partial charge in [-0.2, -0.15) is 0 Å². The van der Waals surface area contributed by atoms with Gasteiger partial charge in [-0.3, -0.25) is 4.79 Å². The SMILES string of the molecule is O=C(O)C1C=c2ccccc2=C(c2cccc3ccccc23)C1(O)O. The van der Waals surface area contributed by atoms with Gasteiger partial charge < -0.3 is 15.3 Å². The van der Waals surface area contributed by atoms with Crippen LogP contribution in [0.4, 0.5) is 0 Å². The van der Waals surface area contributed by atoms with Crippen LogP contribution in [-0.2, 0) is 4.79 Å². The molecule has 3 aromatic rings. The molecule has 0 saturated heterocycles. The first-order chi connectivity index (χ1) is 12.0. The van der Waals surface area contributed by atoms with Crippen LogP contribution in [-0.4, -0.2) is 27.1 Å². The number of carboxylic acid groups (broad SMARTS) is 1. The van der Waals surface area contributed by atoms with E-state index in [-0.39, 0.29) is 5.57 Å². The monoisotopic (exact) mass is 332 g/mol. The van der Waals surface area contributed by atoms with E-state index in [4.69, 9.17) is 0 Å². The zero-order valence-corrected chi connectivity index (χ0v) is 13.3. The Hall–Kier alpha value is -2.95. The van der Waals surface area contributed by atoms with Crippen molar-refractivity contribution in [2.75, 3.05) is 0 Å². The maximum Gasteiger partial charge on any atom is 0.316 e. The van der Waals surface area contributed by atoms with Gasteiger partial charge in [0, 0.05) is 5.57 Å². The van der Waals surface area contributed by atoms with Crippen LogP contribution in [0, 0.1) is 5.92 Å². The second kappa shape index (κ2) is 5.55. The largest absolute Gasteiger partial charge is 0.481 e. The normalized spacial score (nSPS) is 18.5. The predicted molar refractivity (Wildman–Crippen MR) is 94.9 cm³/mol. The maximum atomic E-state index is 11.7. The first-order valence-corrected chi connectivity index (χ1v) is 7.97. The average Bonchev–Trinajstić information content (AvgIpc) is 2.60. The molecule has 0 aromatic heterocycles. The molecule has 4 nitrogen and oxygen atoms in total. The van der Waals surface area contributed by atoms with Crippen molar-refractivity contribution in [1.29, 1.82) is 0 Å². The lowest BCUT2D eigenvalue weighted by Gasteiger charge is -2.32. The number of benzene rings is 3. The van der Waals surface area contributed by atoms with Gasteiger partial charge in [-0.25, -0.2) is 0 Å². The molecule has 0 fully saturated rings. The minimum atomic E-state index is -2.51. The summed E-state index contributed by atoms with van der Waals surface area (Å²) in [6.07, 6.45) is 1.40. The van der Waals surface area contributed by atoms with Gasteiger partial charge in [0.1, 0.15) is 5.92 Å². The van der Waals surface area contributed by atoms with Crippen molar-refractivity contribution in [2.24, 2.45) is 5.92 Å². The highest BCUT2D eigenvalue weighted by molar-refractivity contribution is 5.97. The predicted octanol–water partition coefficient (Wildman–Crippen LogP) is 1.21. The van der Waals surface area contributed by atoms with Gasteiger partial charge in [-0.1, -0.05) is 72.8 Å². The number of carboxylic acids is 1. The molecule has 0 radical (unpaired) electrons.